The SMILES string of the molecule is C=CCOC12Oc3ccc(Oc4ccc(SC)cc4)cc3C3C(CCCCO)C(CCCCO)C=C(C(=NOC4CCCCO4)CC1N(Cc1cccc4ccccc14)C(=O)CCC1CCCC1)C32. The molecule has 0 bridgehead atoms. The van der Waals surface area contributed by atoms with Gasteiger partial charge in [0.2, 0.25) is 18.0 Å². The molecule has 7 atom stereocenters. The van der Waals surface area contributed by atoms with Crippen molar-refractivity contribution in [3.8, 4) is 17.2 Å². The Morgan fingerprint density at radius 2 is 1.67 bits per heavy atom. The number of carbonyl (C=O) groups excluding carboxylic acids is 1. The van der Waals surface area contributed by atoms with Gasteiger partial charge >= 0.3 is 0 Å². The number of unbranched alkanes of at least 4 members (excludes halogenated alkanes) is 2. The van der Waals surface area contributed by atoms with Crippen LogP contribution in [0, 0.1) is 23.7 Å². The maximum absolute atomic E-state index is 15.6. The minimum absolute atomic E-state index is 0.0732. The van der Waals surface area contributed by atoms with E-state index in [0.717, 1.165) is 108 Å². The van der Waals surface area contributed by atoms with Crippen LogP contribution in [0.4, 0.5) is 0 Å². The number of thioether (sulfide) groups is 1. The van der Waals surface area contributed by atoms with E-state index in [1.807, 2.05) is 24.3 Å². The highest BCUT2D eigenvalue weighted by molar-refractivity contribution is 7.98. The fraction of sp³-hybridized carbons (Fsp3) is 0.517. The van der Waals surface area contributed by atoms with Crippen LogP contribution in [0.2, 0.25) is 0 Å². The van der Waals surface area contributed by atoms with Gasteiger partial charge in [0, 0.05) is 55.4 Å². The quantitative estimate of drug-likeness (QED) is 0.0343. The maximum atomic E-state index is 15.6. The molecule has 3 aliphatic carbocycles. The lowest BCUT2D eigenvalue weighted by molar-refractivity contribution is -0.258. The van der Waals surface area contributed by atoms with Crippen LogP contribution >= 0.6 is 11.8 Å². The molecular formula is C58H72N2O8S. The number of allylic oxidation sites excluding steroid dienone is 1. The fourth-order valence-corrected chi connectivity index (χ4v) is 12.6. The lowest BCUT2D eigenvalue weighted by Crippen LogP contribution is -2.70. The standard InChI is InChI=1S/C58H72N2O8S/c1-3-34-65-58-53(60(54(63)31-24-40-15-4-5-16-40)39-43-20-14-19-41-17-6-7-21-47(41)43)38-51(59-68-55-23-10-13-35-64-55)49-36-42(18-8-11-32-61)48(22-9-12-33-62)56(57(49)58)50-37-45(27-30-52(50)67-58)66-44-25-28-46(69-2)29-26-44/h3,6-7,14,17,19-21,25-30,36-37,40,42,48,53,55-57,61-62H,1,4-5,8-13,15-16,18,22-24,31-35,38-39H2,2H3. The monoisotopic (exact) mass is 957 g/mol. The van der Waals surface area contributed by atoms with Gasteiger partial charge in [0.05, 0.1) is 24.8 Å². The van der Waals surface area contributed by atoms with Gasteiger partial charge < -0.3 is 38.9 Å². The van der Waals surface area contributed by atoms with Crippen molar-refractivity contribution in [3.05, 3.63) is 120 Å². The lowest BCUT2D eigenvalue weighted by atomic mass is 9.55. The van der Waals surface area contributed by atoms with Gasteiger partial charge in [0.25, 0.3) is 0 Å². The summed E-state index contributed by atoms with van der Waals surface area (Å²) in [6.07, 6.45) is 19.7. The zero-order chi connectivity index (χ0) is 47.6. The van der Waals surface area contributed by atoms with E-state index in [0.29, 0.717) is 56.3 Å². The average molecular weight is 957 g/mol. The molecule has 2 saturated carbocycles. The second-order valence-corrected chi connectivity index (χ2v) is 20.7. The molecule has 7 unspecified atom stereocenters. The van der Waals surface area contributed by atoms with Crippen LogP contribution in [0.1, 0.15) is 120 Å². The Morgan fingerprint density at radius 1 is 0.899 bits per heavy atom. The highest BCUT2D eigenvalue weighted by Gasteiger charge is 2.65. The highest BCUT2D eigenvalue weighted by atomic mass is 32.2. The number of oxime groups is 1. The molecule has 9 rings (SSSR count). The predicted molar refractivity (Wildman–Crippen MR) is 274 cm³/mol. The molecule has 0 spiro atoms. The number of carbonyl (C=O) groups is 1. The molecule has 2 heterocycles. The first-order valence-corrected chi connectivity index (χ1v) is 27.1. The first kappa shape index (κ1) is 49.3. The van der Waals surface area contributed by atoms with E-state index in [-0.39, 0.29) is 43.5 Å². The highest BCUT2D eigenvalue weighted by Crippen LogP contribution is 2.62. The zero-order valence-corrected chi connectivity index (χ0v) is 41.3. The van der Waals surface area contributed by atoms with Crippen LogP contribution in [-0.2, 0) is 25.7 Å². The number of nitrogens with zero attached hydrogens (tertiary/aromatic N) is 2. The van der Waals surface area contributed by atoms with Crippen LogP contribution in [-0.4, -0.2) is 77.5 Å². The van der Waals surface area contributed by atoms with E-state index in [4.69, 9.17) is 28.9 Å². The molecule has 3 fully saturated rings. The number of aliphatic hydroxyl groups is 2. The van der Waals surface area contributed by atoms with Crippen molar-refractivity contribution in [2.75, 3.05) is 32.7 Å². The minimum atomic E-state index is -1.37. The summed E-state index contributed by atoms with van der Waals surface area (Å²) in [4.78, 5) is 25.2. The fourth-order valence-electron chi connectivity index (χ4n) is 12.2. The summed E-state index contributed by atoms with van der Waals surface area (Å²) in [6.45, 7) is 5.57. The van der Waals surface area contributed by atoms with E-state index in [1.165, 1.54) is 12.8 Å². The molecule has 5 aliphatic rings. The topological polar surface area (TPSA) is 119 Å². The van der Waals surface area contributed by atoms with Gasteiger partial charge in [0.1, 0.15) is 23.3 Å². The van der Waals surface area contributed by atoms with Crippen LogP contribution in [0.5, 0.6) is 17.2 Å². The summed E-state index contributed by atoms with van der Waals surface area (Å²) < 4.78 is 27.8. The molecule has 1 amide bonds. The molecule has 0 radical (unpaired) electrons. The Balaban J connectivity index is 1.24. The smallest absolute Gasteiger partial charge is 0.239 e. The van der Waals surface area contributed by atoms with Gasteiger partial charge in [0.15, 0.2) is 0 Å². The van der Waals surface area contributed by atoms with Crippen LogP contribution < -0.4 is 9.47 Å². The molecule has 11 heteroatoms. The maximum Gasteiger partial charge on any atom is 0.239 e. The molecule has 2 N–H and O–H groups in total. The first-order valence-electron chi connectivity index (χ1n) is 25.9. The Hall–Kier alpha value is -4.65. The third-order valence-electron chi connectivity index (χ3n) is 15.5. The van der Waals surface area contributed by atoms with E-state index in [1.54, 1.807) is 17.8 Å². The van der Waals surface area contributed by atoms with Gasteiger partial charge in [-0.2, -0.15) is 0 Å². The number of ether oxygens (including phenoxy) is 4. The van der Waals surface area contributed by atoms with Crippen molar-refractivity contribution in [3.63, 3.8) is 0 Å². The summed E-state index contributed by atoms with van der Waals surface area (Å²) in [5.41, 5.74) is 3.87. The first-order chi connectivity index (χ1) is 33.9. The van der Waals surface area contributed by atoms with Gasteiger partial charge in [-0.3, -0.25) is 4.79 Å². The van der Waals surface area contributed by atoms with Crippen molar-refractivity contribution >= 4 is 34.2 Å². The van der Waals surface area contributed by atoms with Crippen LogP contribution in [0.3, 0.4) is 0 Å². The third kappa shape index (κ3) is 11.1. The number of fused-ring (bicyclic) bond motifs is 3. The third-order valence-corrected chi connectivity index (χ3v) is 16.3. The molecule has 1 saturated heterocycles. The lowest BCUT2D eigenvalue weighted by Gasteiger charge is -2.60. The number of benzene rings is 4. The number of hydrogen-bond acceptors (Lipinski definition) is 10. The number of aliphatic hydroxyl groups excluding tert-OH is 2. The second kappa shape index (κ2) is 23.5. The summed E-state index contributed by atoms with van der Waals surface area (Å²) in [7, 11) is 0. The van der Waals surface area contributed by atoms with Crippen molar-refractivity contribution in [2.24, 2.45) is 28.8 Å². The summed E-state index contributed by atoms with van der Waals surface area (Å²) in [6, 6.07) is 28.5. The summed E-state index contributed by atoms with van der Waals surface area (Å²) >= 11 is 1.69. The average Bonchev–Trinajstić information content (AvgIpc) is 3.92. The number of rotatable bonds is 22. The summed E-state index contributed by atoms with van der Waals surface area (Å²) in [5.74, 6) is 0.968. The Labute approximate surface area is 413 Å². The Morgan fingerprint density at radius 3 is 2.43 bits per heavy atom. The predicted octanol–water partition coefficient (Wildman–Crippen LogP) is 12.5. The largest absolute Gasteiger partial charge is 0.459 e. The molecule has 368 valence electrons. The van der Waals surface area contributed by atoms with Crippen LogP contribution in [0.15, 0.2) is 119 Å². The zero-order valence-electron chi connectivity index (χ0n) is 40.5. The van der Waals surface area contributed by atoms with Crippen molar-refractivity contribution in [1.82, 2.24) is 4.90 Å². The molecule has 2 aliphatic heterocycles. The molecule has 4 aromatic carbocycles. The van der Waals surface area contributed by atoms with Gasteiger partial charge in [-0.15, -0.1) is 18.3 Å². The van der Waals surface area contributed by atoms with Crippen molar-refractivity contribution < 1.29 is 38.8 Å². The normalized spacial score (nSPS) is 25.9. The van der Waals surface area contributed by atoms with Gasteiger partial charge in [-0.1, -0.05) is 98.3 Å². The molecule has 10 nitrogen and oxygen atoms in total. The van der Waals surface area contributed by atoms with Gasteiger partial charge in [-0.05, 0) is 133 Å². The molecular weight excluding hydrogens is 885 g/mol. The number of hydrogen-bond donors (Lipinski definition) is 2. The van der Waals surface area contributed by atoms with Crippen molar-refractivity contribution in [1.29, 1.82) is 0 Å². The van der Waals surface area contributed by atoms with Crippen LogP contribution in [0.25, 0.3) is 10.8 Å². The number of amides is 1. The molecule has 4 aromatic rings. The Kier molecular flexibility index (Phi) is 16.8. The Bertz CT molecular complexity index is 2400. The second-order valence-electron chi connectivity index (χ2n) is 19.8. The minimum Gasteiger partial charge on any atom is -0.459 e. The van der Waals surface area contributed by atoms with Crippen molar-refractivity contribution in [2.45, 2.75) is 138 Å². The van der Waals surface area contributed by atoms with E-state index in [9.17, 15) is 10.2 Å². The summed E-state index contributed by atoms with van der Waals surface area (Å²) in [5, 5.41) is 27.5. The van der Waals surface area contributed by atoms with E-state index in [2.05, 4.69) is 84.5 Å². The van der Waals surface area contributed by atoms with Gasteiger partial charge in [-0.25, -0.2) is 0 Å². The molecule has 0 aromatic heterocycles. The van der Waals surface area contributed by atoms with E-state index >= 15 is 4.79 Å². The molecule has 69 heavy (non-hydrogen) atoms. The van der Waals surface area contributed by atoms with E-state index < -0.39 is 24.0 Å².